The molecule has 0 aliphatic carbocycles. The van der Waals surface area contributed by atoms with Crippen molar-refractivity contribution in [1.82, 2.24) is 5.32 Å². The Morgan fingerprint density at radius 1 is 1.06 bits per heavy atom. The summed E-state index contributed by atoms with van der Waals surface area (Å²) in [5.74, 6) is -0.164. The molecule has 2 aromatic rings. The molecule has 2 rings (SSSR count). The number of fused-ring (bicyclic) bond motifs is 1. The summed E-state index contributed by atoms with van der Waals surface area (Å²) in [5, 5.41) is 4.87. The molecule has 0 spiro atoms. The molecule has 0 aliphatic rings. The van der Waals surface area contributed by atoms with Crippen molar-refractivity contribution in [3.05, 3.63) is 48.0 Å². The van der Waals surface area contributed by atoms with Gasteiger partial charge < -0.3 is 5.32 Å². The first-order chi connectivity index (χ1) is 8.65. The molecule has 1 N–H and O–H groups in total. The van der Waals surface area contributed by atoms with Gasteiger partial charge in [0.2, 0.25) is 5.91 Å². The van der Waals surface area contributed by atoms with Gasteiger partial charge in [0.25, 0.3) is 0 Å². The number of Topliss-reactive ketones (excluding diaryl/α,β-unsaturated/α-hetero) is 1. The molecule has 2 aromatic carbocycles. The van der Waals surface area contributed by atoms with Crippen LogP contribution in [0.25, 0.3) is 10.8 Å². The van der Waals surface area contributed by atoms with Crippen molar-refractivity contribution in [1.29, 1.82) is 0 Å². The van der Waals surface area contributed by atoms with Gasteiger partial charge >= 0.3 is 0 Å². The second-order valence-electron chi connectivity index (χ2n) is 4.34. The van der Waals surface area contributed by atoms with Crippen LogP contribution in [0, 0.1) is 0 Å². The van der Waals surface area contributed by atoms with Gasteiger partial charge in [-0.1, -0.05) is 42.5 Å². The maximum atomic E-state index is 11.6. The summed E-state index contributed by atoms with van der Waals surface area (Å²) < 4.78 is 0. The molecule has 0 aliphatic heterocycles. The molecule has 0 bridgehead atoms. The van der Waals surface area contributed by atoms with E-state index >= 15 is 0 Å². The van der Waals surface area contributed by atoms with Crippen LogP contribution >= 0.6 is 0 Å². The van der Waals surface area contributed by atoms with E-state index in [2.05, 4.69) is 5.32 Å². The first kappa shape index (κ1) is 12.3. The third kappa shape index (κ3) is 3.17. The van der Waals surface area contributed by atoms with Crippen molar-refractivity contribution in [2.24, 2.45) is 0 Å². The Bertz CT molecular complexity index is 590. The molecule has 1 amide bonds. The highest BCUT2D eigenvalue weighted by Gasteiger charge is 2.04. The number of hydrogen-bond donors (Lipinski definition) is 1. The van der Waals surface area contributed by atoms with Crippen LogP contribution in [0.15, 0.2) is 42.5 Å². The first-order valence-electron chi connectivity index (χ1n) is 5.89. The zero-order valence-corrected chi connectivity index (χ0v) is 10.3. The third-order valence-corrected chi connectivity index (χ3v) is 2.71. The summed E-state index contributed by atoms with van der Waals surface area (Å²) in [6.07, 6.45) is 0.304. The summed E-state index contributed by atoms with van der Waals surface area (Å²) in [6.45, 7) is 1.56. The lowest BCUT2D eigenvalue weighted by atomic mass is 10.0. The molecule has 3 heteroatoms. The van der Waals surface area contributed by atoms with Gasteiger partial charge in [-0.2, -0.15) is 0 Å². The summed E-state index contributed by atoms with van der Waals surface area (Å²) in [7, 11) is 0. The van der Waals surface area contributed by atoms with Crippen LogP contribution in [0.3, 0.4) is 0 Å². The topological polar surface area (TPSA) is 46.2 Å². The fraction of sp³-hybridized carbons (Fsp3) is 0.200. The van der Waals surface area contributed by atoms with Gasteiger partial charge in [-0.3, -0.25) is 9.59 Å². The zero-order chi connectivity index (χ0) is 13.0. The van der Waals surface area contributed by atoms with Crippen LogP contribution in [-0.2, 0) is 16.0 Å². The molecule has 0 atom stereocenters. The van der Waals surface area contributed by atoms with Gasteiger partial charge in [0.1, 0.15) is 5.78 Å². The largest absolute Gasteiger partial charge is 0.349 e. The van der Waals surface area contributed by atoms with E-state index in [0.717, 1.165) is 16.3 Å². The molecule has 0 aromatic heterocycles. The monoisotopic (exact) mass is 241 g/mol. The first-order valence-corrected chi connectivity index (χ1v) is 5.89. The molecule has 0 unspecified atom stereocenters. The van der Waals surface area contributed by atoms with E-state index < -0.39 is 0 Å². The summed E-state index contributed by atoms with van der Waals surface area (Å²) in [5.41, 5.74) is 0.953. The minimum Gasteiger partial charge on any atom is -0.349 e. The predicted octanol–water partition coefficient (Wildman–Crippen LogP) is 2.09. The standard InChI is InChI=1S/C15H15NO2/c1-11(17)10-16-15(18)9-12-6-7-13-4-2-3-5-14(13)8-12/h2-8H,9-10H2,1H3,(H,16,18). The van der Waals surface area contributed by atoms with E-state index in [-0.39, 0.29) is 18.2 Å². The molecule has 3 nitrogen and oxygen atoms in total. The Morgan fingerprint density at radius 2 is 1.78 bits per heavy atom. The SMILES string of the molecule is CC(=O)CNC(=O)Cc1ccc2ccccc2c1. The van der Waals surface area contributed by atoms with Crippen molar-refractivity contribution in [3.8, 4) is 0 Å². The van der Waals surface area contributed by atoms with E-state index in [4.69, 9.17) is 0 Å². The molecule has 0 radical (unpaired) electrons. The molecule has 92 valence electrons. The normalized spacial score (nSPS) is 10.3. The van der Waals surface area contributed by atoms with Gasteiger partial charge in [0, 0.05) is 0 Å². The Hall–Kier alpha value is -2.16. The lowest BCUT2D eigenvalue weighted by Crippen LogP contribution is -2.29. The van der Waals surface area contributed by atoms with Gasteiger partial charge in [-0.15, -0.1) is 0 Å². The van der Waals surface area contributed by atoms with Gasteiger partial charge in [0.15, 0.2) is 0 Å². The van der Waals surface area contributed by atoms with Gasteiger partial charge in [-0.05, 0) is 23.3 Å². The highest BCUT2D eigenvalue weighted by Crippen LogP contribution is 2.15. The summed E-state index contributed by atoms with van der Waals surface area (Å²) >= 11 is 0. The number of carbonyl (C=O) groups excluding carboxylic acids is 2. The fourth-order valence-corrected chi connectivity index (χ4v) is 1.82. The fourth-order valence-electron chi connectivity index (χ4n) is 1.82. The average molecular weight is 241 g/mol. The average Bonchev–Trinajstić information content (AvgIpc) is 2.36. The Balaban J connectivity index is 2.07. The van der Waals surface area contributed by atoms with E-state index in [1.165, 1.54) is 6.92 Å². The van der Waals surface area contributed by atoms with E-state index in [1.807, 2.05) is 42.5 Å². The lowest BCUT2D eigenvalue weighted by Gasteiger charge is -2.04. The Kier molecular flexibility index (Phi) is 3.72. The highest BCUT2D eigenvalue weighted by molar-refractivity contribution is 5.87. The van der Waals surface area contributed by atoms with Crippen LogP contribution < -0.4 is 5.32 Å². The number of rotatable bonds is 4. The van der Waals surface area contributed by atoms with Crippen LogP contribution in [-0.4, -0.2) is 18.2 Å². The summed E-state index contributed by atoms with van der Waals surface area (Å²) in [4.78, 5) is 22.4. The number of nitrogens with one attached hydrogen (secondary N) is 1. The molecule has 0 fully saturated rings. The number of hydrogen-bond acceptors (Lipinski definition) is 2. The van der Waals surface area contributed by atoms with E-state index in [9.17, 15) is 9.59 Å². The second kappa shape index (κ2) is 5.45. The van der Waals surface area contributed by atoms with Crippen molar-refractivity contribution >= 4 is 22.5 Å². The second-order valence-corrected chi connectivity index (χ2v) is 4.34. The molecular weight excluding hydrogens is 226 g/mol. The van der Waals surface area contributed by atoms with Crippen molar-refractivity contribution in [3.63, 3.8) is 0 Å². The van der Waals surface area contributed by atoms with Gasteiger partial charge in [0.05, 0.1) is 13.0 Å². The predicted molar refractivity (Wildman–Crippen MR) is 71.3 cm³/mol. The minimum absolute atomic E-state index is 0.0399. The van der Waals surface area contributed by atoms with E-state index in [1.54, 1.807) is 0 Å². The molecule has 0 saturated heterocycles. The Morgan fingerprint density at radius 3 is 2.50 bits per heavy atom. The smallest absolute Gasteiger partial charge is 0.224 e. The van der Waals surface area contributed by atoms with E-state index in [0.29, 0.717) is 6.42 Å². The number of ketones is 1. The minimum atomic E-state index is -0.125. The van der Waals surface area contributed by atoms with Crippen LogP contribution in [0.2, 0.25) is 0 Å². The third-order valence-electron chi connectivity index (χ3n) is 2.71. The maximum Gasteiger partial charge on any atom is 0.224 e. The van der Waals surface area contributed by atoms with Crippen molar-refractivity contribution < 1.29 is 9.59 Å². The molecular formula is C15H15NO2. The summed E-state index contributed by atoms with van der Waals surface area (Å²) in [6, 6.07) is 14.0. The van der Waals surface area contributed by atoms with Crippen LogP contribution in [0.4, 0.5) is 0 Å². The molecule has 0 saturated carbocycles. The number of benzene rings is 2. The number of amides is 1. The highest BCUT2D eigenvalue weighted by atomic mass is 16.2. The van der Waals surface area contributed by atoms with Crippen LogP contribution in [0.5, 0.6) is 0 Å². The van der Waals surface area contributed by atoms with Gasteiger partial charge in [-0.25, -0.2) is 0 Å². The quantitative estimate of drug-likeness (QED) is 0.890. The van der Waals surface area contributed by atoms with Crippen LogP contribution in [0.1, 0.15) is 12.5 Å². The van der Waals surface area contributed by atoms with Crippen molar-refractivity contribution in [2.45, 2.75) is 13.3 Å². The zero-order valence-electron chi connectivity index (χ0n) is 10.3. The number of carbonyl (C=O) groups is 2. The lowest BCUT2D eigenvalue weighted by molar-refractivity contribution is -0.124. The van der Waals surface area contributed by atoms with Crippen molar-refractivity contribution in [2.75, 3.05) is 6.54 Å². The maximum absolute atomic E-state index is 11.6. The Labute approximate surface area is 106 Å². The molecule has 18 heavy (non-hydrogen) atoms. The molecule has 0 heterocycles.